The molecule has 86 valence electrons. The summed E-state index contributed by atoms with van der Waals surface area (Å²) in [7, 11) is -1.18. The highest BCUT2D eigenvalue weighted by molar-refractivity contribution is 14.1. The molecule has 0 aromatic carbocycles. The van der Waals surface area contributed by atoms with Crippen LogP contribution in [0.3, 0.4) is 0 Å². The Morgan fingerprint density at radius 3 is 2.53 bits per heavy atom. The molecule has 0 saturated carbocycles. The molecule has 0 amide bonds. The summed E-state index contributed by atoms with van der Waals surface area (Å²) < 4.78 is 8.94. The molecular formula is C10H19IN2OSi. The van der Waals surface area contributed by atoms with Gasteiger partial charge in [0, 0.05) is 11.9 Å². The Morgan fingerprint density at radius 2 is 2.13 bits per heavy atom. The van der Waals surface area contributed by atoms with E-state index in [1.807, 2.05) is 13.1 Å². The minimum Gasteiger partial charge on any atom is -0.361 e. The quantitative estimate of drug-likeness (QED) is 0.623. The molecule has 0 spiro atoms. The van der Waals surface area contributed by atoms with Gasteiger partial charge < -0.3 is 9.30 Å². The highest BCUT2D eigenvalue weighted by Gasteiger charge is 2.23. The Hall–Kier alpha value is 0.117. The van der Waals surface area contributed by atoms with Gasteiger partial charge in [-0.25, -0.2) is 4.98 Å². The van der Waals surface area contributed by atoms with Crippen molar-refractivity contribution in [2.24, 2.45) is 0 Å². The second-order valence-corrected chi connectivity index (χ2v) is 11.5. The van der Waals surface area contributed by atoms with Crippen LogP contribution in [-0.2, 0) is 11.5 Å². The average Bonchev–Trinajstić information content (AvgIpc) is 2.39. The minimum absolute atomic E-state index is 0.372. The molecule has 0 N–H and O–H groups in total. The number of aryl methyl sites for hydroxylation is 1. The van der Waals surface area contributed by atoms with Crippen LogP contribution in [0, 0.1) is 10.6 Å². The van der Waals surface area contributed by atoms with Crippen molar-refractivity contribution < 1.29 is 4.74 Å². The SMILES string of the molecule is Cc1nc(I)cn1COC(C)[Si](C)(C)C. The van der Waals surface area contributed by atoms with Crippen LogP contribution in [0.15, 0.2) is 6.20 Å². The molecule has 15 heavy (non-hydrogen) atoms. The number of imidazole rings is 1. The van der Waals surface area contributed by atoms with Crippen LogP contribution in [0.4, 0.5) is 0 Å². The third-order valence-corrected chi connectivity index (χ3v) is 5.76. The third kappa shape index (κ3) is 3.88. The molecule has 5 heteroatoms. The van der Waals surface area contributed by atoms with Gasteiger partial charge in [0.15, 0.2) is 0 Å². The normalized spacial score (nSPS) is 14.3. The van der Waals surface area contributed by atoms with Crippen LogP contribution in [0.25, 0.3) is 0 Å². The second kappa shape index (κ2) is 4.97. The Balaban J connectivity index is 2.54. The summed E-state index contributed by atoms with van der Waals surface area (Å²) in [6, 6.07) is 0. The third-order valence-electron chi connectivity index (χ3n) is 2.63. The van der Waals surface area contributed by atoms with E-state index in [4.69, 9.17) is 4.74 Å². The van der Waals surface area contributed by atoms with Crippen LogP contribution in [-0.4, -0.2) is 23.4 Å². The number of nitrogens with zero attached hydrogens (tertiary/aromatic N) is 2. The lowest BCUT2D eigenvalue weighted by atomic mass is 10.7. The molecule has 0 radical (unpaired) electrons. The zero-order valence-electron chi connectivity index (χ0n) is 10.0. The number of aromatic nitrogens is 2. The van der Waals surface area contributed by atoms with Gasteiger partial charge >= 0.3 is 0 Å². The predicted octanol–water partition coefficient (Wildman–Crippen LogP) is 3.04. The molecule has 1 aromatic heterocycles. The van der Waals surface area contributed by atoms with Gasteiger partial charge in [0.25, 0.3) is 0 Å². The summed E-state index contributed by atoms with van der Waals surface area (Å²) in [4.78, 5) is 4.33. The number of ether oxygens (including phenoxy) is 1. The van der Waals surface area contributed by atoms with E-state index in [0.29, 0.717) is 12.5 Å². The second-order valence-electron chi connectivity index (χ2n) is 4.88. The standard InChI is InChI=1S/C10H19IN2OSi/c1-8-12-10(11)6-13(8)7-14-9(2)15(3,4)5/h6,9H,7H2,1-5H3. The molecule has 0 fully saturated rings. The zero-order valence-corrected chi connectivity index (χ0v) is 13.2. The van der Waals surface area contributed by atoms with Gasteiger partial charge in [0.05, 0.1) is 8.07 Å². The number of halogens is 1. The van der Waals surface area contributed by atoms with Crippen LogP contribution < -0.4 is 0 Å². The number of rotatable bonds is 4. The largest absolute Gasteiger partial charge is 0.361 e. The summed E-state index contributed by atoms with van der Waals surface area (Å²) in [5.74, 6) is 1.02. The zero-order chi connectivity index (χ0) is 11.6. The van der Waals surface area contributed by atoms with Gasteiger partial charge in [-0.1, -0.05) is 19.6 Å². The van der Waals surface area contributed by atoms with Crippen molar-refractivity contribution in [2.45, 2.75) is 45.9 Å². The molecule has 3 nitrogen and oxygen atoms in total. The van der Waals surface area contributed by atoms with Gasteiger partial charge in [-0.15, -0.1) is 0 Å². The molecule has 1 atom stereocenters. The van der Waals surface area contributed by atoms with Crippen LogP contribution in [0.2, 0.25) is 19.6 Å². The lowest BCUT2D eigenvalue weighted by Gasteiger charge is -2.25. The highest BCUT2D eigenvalue weighted by Crippen LogP contribution is 2.12. The molecule has 0 aliphatic heterocycles. The van der Waals surface area contributed by atoms with Crippen LogP contribution >= 0.6 is 22.6 Å². The Labute approximate surface area is 106 Å². The molecule has 1 unspecified atom stereocenters. The van der Waals surface area contributed by atoms with Crippen LogP contribution in [0.1, 0.15) is 12.7 Å². The molecule has 0 aliphatic carbocycles. The lowest BCUT2D eigenvalue weighted by Crippen LogP contribution is -2.38. The van der Waals surface area contributed by atoms with Crippen molar-refractivity contribution in [1.82, 2.24) is 9.55 Å². The molecule has 0 bridgehead atoms. The topological polar surface area (TPSA) is 27.1 Å². The van der Waals surface area contributed by atoms with Crippen molar-refractivity contribution in [3.63, 3.8) is 0 Å². The summed E-state index contributed by atoms with van der Waals surface area (Å²) >= 11 is 2.22. The van der Waals surface area contributed by atoms with Crippen molar-refractivity contribution in [2.75, 3.05) is 0 Å². The maximum Gasteiger partial charge on any atom is 0.123 e. The number of hydrogen-bond donors (Lipinski definition) is 0. The molecule has 0 aliphatic rings. The van der Waals surface area contributed by atoms with Gasteiger partial charge in [0.1, 0.15) is 16.3 Å². The first-order valence-electron chi connectivity index (χ1n) is 5.11. The highest BCUT2D eigenvalue weighted by atomic mass is 127. The fraction of sp³-hybridized carbons (Fsp3) is 0.700. The first-order chi connectivity index (χ1) is 6.80. The van der Waals surface area contributed by atoms with Gasteiger partial charge in [-0.3, -0.25) is 0 Å². The molecule has 1 heterocycles. The van der Waals surface area contributed by atoms with E-state index in [9.17, 15) is 0 Å². The van der Waals surface area contributed by atoms with E-state index in [1.54, 1.807) is 0 Å². The molecule has 1 rings (SSSR count). The number of hydrogen-bond acceptors (Lipinski definition) is 2. The van der Waals surface area contributed by atoms with Crippen LogP contribution in [0.5, 0.6) is 0 Å². The average molecular weight is 338 g/mol. The summed E-state index contributed by atoms with van der Waals surface area (Å²) in [6.45, 7) is 11.8. The van der Waals surface area contributed by atoms with E-state index in [0.717, 1.165) is 9.53 Å². The Kier molecular flexibility index (Phi) is 4.36. The minimum atomic E-state index is -1.18. The maximum atomic E-state index is 5.87. The first kappa shape index (κ1) is 13.2. The molecular weight excluding hydrogens is 319 g/mol. The van der Waals surface area contributed by atoms with E-state index in [2.05, 4.69) is 58.7 Å². The van der Waals surface area contributed by atoms with E-state index >= 15 is 0 Å². The first-order valence-corrected chi connectivity index (χ1v) is 9.77. The Morgan fingerprint density at radius 1 is 1.53 bits per heavy atom. The molecule has 1 aromatic rings. The predicted molar refractivity (Wildman–Crippen MR) is 73.6 cm³/mol. The van der Waals surface area contributed by atoms with E-state index in [1.165, 1.54) is 0 Å². The fourth-order valence-corrected chi connectivity index (χ4v) is 2.30. The lowest BCUT2D eigenvalue weighted by molar-refractivity contribution is 0.0553. The smallest absolute Gasteiger partial charge is 0.123 e. The van der Waals surface area contributed by atoms with E-state index < -0.39 is 8.07 Å². The van der Waals surface area contributed by atoms with Crippen molar-refractivity contribution in [3.8, 4) is 0 Å². The van der Waals surface area contributed by atoms with Gasteiger partial charge in [-0.2, -0.15) is 0 Å². The van der Waals surface area contributed by atoms with Gasteiger partial charge in [-0.05, 0) is 36.4 Å². The monoisotopic (exact) mass is 338 g/mol. The van der Waals surface area contributed by atoms with Crippen molar-refractivity contribution >= 4 is 30.7 Å². The fourth-order valence-electron chi connectivity index (χ4n) is 1.04. The summed E-state index contributed by atoms with van der Waals surface area (Å²) in [5.41, 5.74) is 0.372. The van der Waals surface area contributed by atoms with Crippen molar-refractivity contribution in [1.29, 1.82) is 0 Å². The van der Waals surface area contributed by atoms with E-state index in [-0.39, 0.29) is 0 Å². The Bertz CT molecular complexity index is 333. The summed E-state index contributed by atoms with van der Waals surface area (Å²) in [6.07, 6.45) is 2.02. The van der Waals surface area contributed by atoms with Crippen molar-refractivity contribution in [3.05, 3.63) is 15.7 Å². The molecule has 0 saturated heterocycles. The maximum absolute atomic E-state index is 5.87. The summed E-state index contributed by atoms with van der Waals surface area (Å²) in [5, 5.41) is 0. The van der Waals surface area contributed by atoms with Gasteiger partial charge in [0.2, 0.25) is 0 Å².